The fraction of sp³-hybridized carbons (Fsp3) is 0.0556. The lowest BCUT2D eigenvalue weighted by Crippen LogP contribution is -2.21. The number of thiophene rings is 1. The number of carbonyl (C=O) groups excluding carboxylic acids is 1. The molecule has 1 aromatic carbocycles. The summed E-state index contributed by atoms with van der Waals surface area (Å²) in [6.07, 6.45) is 1.68. The molecule has 0 unspecified atom stereocenters. The molecule has 0 saturated heterocycles. The van der Waals surface area contributed by atoms with Gasteiger partial charge in [0.25, 0.3) is 11.5 Å². The van der Waals surface area contributed by atoms with Gasteiger partial charge in [-0.2, -0.15) is 0 Å². The molecule has 3 heterocycles. The first-order chi connectivity index (χ1) is 11.7. The highest BCUT2D eigenvalue weighted by Crippen LogP contribution is 2.22. The Labute approximate surface area is 141 Å². The third-order valence-corrected chi connectivity index (χ3v) is 4.76. The van der Waals surface area contributed by atoms with Gasteiger partial charge in [-0.25, -0.2) is 4.98 Å². The number of fused-ring (bicyclic) bond motifs is 2. The molecule has 5 nitrogen and oxygen atoms in total. The van der Waals surface area contributed by atoms with E-state index in [1.165, 1.54) is 15.7 Å². The maximum absolute atomic E-state index is 12.5. The topological polar surface area (TPSA) is 63.5 Å². The Morgan fingerprint density at radius 1 is 1.12 bits per heavy atom. The third kappa shape index (κ3) is 2.57. The molecule has 0 bridgehead atoms. The molecule has 0 aliphatic carbocycles. The molecule has 6 heteroatoms. The van der Waals surface area contributed by atoms with Crippen LogP contribution in [-0.4, -0.2) is 15.3 Å². The van der Waals surface area contributed by atoms with Crippen LogP contribution in [0.1, 0.15) is 15.2 Å². The van der Waals surface area contributed by atoms with E-state index >= 15 is 0 Å². The van der Waals surface area contributed by atoms with Crippen LogP contribution < -0.4 is 10.9 Å². The van der Waals surface area contributed by atoms with Crippen molar-refractivity contribution in [2.45, 2.75) is 6.54 Å². The van der Waals surface area contributed by atoms with E-state index in [0.29, 0.717) is 27.3 Å². The van der Waals surface area contributed by atoms with Gasteiger partial charge < -0.3 is 5.32 Å². The van der Waals surface area contributed by atoms with Crippen molar-refractivity contribution in [3.05, 3.63) is 81.6 Å². The highest BCUT2D eigenvalue weighted by atomic mass is 32.1. The number of nitrogens with zero attached hydrogens (tertiary/aromatic N) is 2. The summed E-state index contributed by atoms with van der Waals surface area (Å²) in [6.45, 7) is 0.447. The van der Waals surface area contributed by atoms with Gasteiger partial charge in [0.15, 0.2) is 0 Å². The molecule has 1 amide bonds. The Morgan fingerprint density at radius 2 is 1.92 bits per heavy atom. The monoisotopic (exact) mass is 335 g/mol. The minimum atomic E-state index is -0.199. The number of aromatic nitrogens is 2. The van der Waals surface area contributed by atoms with Crippen LogP contribution in [0.5, 0.6) is 0 Å². The van der Waals surface area contributed by atoms with Crippen molar-refractivity contribution in [1.29, 1.82) is 0 Å². The van der Waals surface area contributed by atoms with Crippen LogP contribution in [0.25, 0.3) is 15.9 Å². The summed E-state index contributed by atoms with van der Waals surface area (Å²) >= 11 is 1.23. The normalized spacial score (nSPS) is 11.0. The van der Waals surface area contributed by atoms with E-state index in [4.69, 9.17) is 0 Å². The molecule has 0 radical (unpaired) electrons. The van der Waals surface area contributed by atoms with Crippen molar-refractivity contribution >= 4 is 33.1 Å². The second-order valence-corrected chi connectivity index (χ2v) is 6.37. The van der Waals surface area contributed by atoms with Crippen LogP contribution in [0.2, 0.25) is 0 Å². The van der Waals surface area contributed by atoms with E-state index in [1.54, 1.807) is 24.4 Å². The summed E-state index contributed by atoms with van der Waals surface area (Å²) in [7, 11) is 0. The standard InChI is InChI=1S/C18H13N3O2S/c22-16(19-11-12-6-2-1-3-7-12)14-10-13-17(24-14)20-15-8-4-5-9-21(15)18(13)23/h1-10H,11H2,(H,19,22). The molecule has 0 spiro atoms. The van der Waals surface area contributed by atoms with Gasteiger partial charge in [-0.1, -0.05) is 36.4 Å². The minimum Gasteiger partial charge on any atom is -0.347 e. The number of benzene rings is 1. The van der Waals surface area contributed by atoms with E-state index in [1.807, 2.05) is 36.4 Å². The molecule has 4 rings (SSSR count). The molecule has 3 aromatic heterocycles. The average Bonchev–Trinajstić information content (AvgIpc) is 3.05. The molecule has 1 N–H and O–H groups in total. The number of hydrogen-bond donors (Lipinski definition) is 1. The second kappa shape index (κ2) is 5.90. The summed E-state index contributed by atoms with van der Waals surface area (Å²) in [5, 5.41) is 3.34. The number of hydrogen-bond acceptors (Lipinski definition) is 4. The van der Waals surface area contributed by atoms with Gasteiger partial charge in [0.2, 0.25) is 0 Å². The van der Waals surface area contributed by atoms with E-state index in [0.717, 1.165) is 5.56 Å². The molecule has 4 aromatic rings. The lowest BCUT2D eigenvalue weighted by atomic mass is 10.2. The van der Waals surface area contributed by atoms with Crippen molar-refractivity contribution in [3.8, 4) is 0 Å². The Balaban J connectivity index is 1.67. The molecular formula is C18H13N3O2S. The molecular weight excluding hydrogens is 322 g/mol. The van der Waals surface area contributed by atoms with Crippen LogP contribution in [-0.2, 0) is 6.54 Å². The summed E-state index contributed by atoms with van der Waals surface area (Å²) in [5.41, 5.74) is 1.44. The van der Waals surface area contributed by atoms with E-state index in [2.05, 4.69) is 10.3 Å². The Bertz CT molecular complexity index is 1100. The molecule has 0 fully saturated rings. The Hall–Kier alpha value is -2.99. The number of pyridine rings is 1. The SMILES string of the molecule is O=C(NCc1ccccc1)c1cc2c(=O)n3ccccc3nc2s1. The van der Waals surface area contributed by atoms with E-state index in [9.17, 15) is 9.59 Å². The molecule has 0 saturated carbocycles. The fourth-order valence-electron chi connectivity index (χ4n) is 2.53. The van der Waals surface area contributed by atoms with Gasteiger partial charge in [-0.15, -0.1) is 11.3 Å². The van der Waals surface area contributed by atoms with Crippen molar-refractivity contribution in [2.75, 3.05) is 0 Å². The fourth-order valence-corrected chi connectivity index (χ4v) is 3.47. The van der Waals surface area contributed by atoms with E-state index < -0.39 is 0 Å². The molecule has 0 atom stereocenters. The first-order valence-corrected chi connectivity index (χ1v) is 8.27. The maximum atomic E-state index is 12.5. The summed E-state index contributed by atoms with van der Waals surface area (Å²) in [4.78, 5) is 30.4. The number of nitrogens with one attached hydrogen (secondary N) is 1. The zero-order valence-electron chi connectivity index (χ0n) is 12.6. The van der Waals surface area contributed by atoms with Gasteiger partial charge in [-0.3, -0.25) is 14.0 Å². The number of rotatable bonds is 3. The lowest BCUT2D eigenvalue weighted by molar-refractivity contribution is 0.0955. The molecule has 0 aliphatic heterocycles. The zero-order valence-corrected chi connectivity index (χ0v) is 13.4. The Morgan fingerprint density at radius 3 is 2.75 bits per heavy atom. The lowest BCUT2D eigenvalue weighted by Gasteiger charge is -2.02. The minimum absolute atomic E-state index is 0.158. The summed E-state index contributed by atoms with van der Waals surface area (Å²) in [5.74, 6) is -0.199. The van der Waals surface area contributed by atoms with Crippen molar-refractivity contribution in [3.63, 3.8) is 0 Å². The average molecular weight is 335 g/mol. The van der Waals surface area contributed by atoms with Crippen molar-refractivity contribution < 1.29 is 4.79 Å². The van der Waals surface area contributed by atoms with Crippen LogP contribution in [0, 0.1) is 0 Å². The van der Waals surface area contributed by atoms with Gasteiger partial charge in [-0.05, 0) is 23.8 Å². The smallest absolute Gasteiger partial charge is 0.266 e. The van der Waals surface area contributed by atoms with Crippen molar-refractivity contribution in [1.82, 2.24) is 14.7 Å². The quantitative estimate of drug-likeness (QED) is 0.626. The number of carbonyl (C=O) groups is 1. The summed E-state index contributed by atoms with van der Waals surface area (Å²) in [6, 6.07) is 16.7. The predicted molar refractivity (Wildman–Crippen MR) is 94.5 cm³/mol. The third-order valence-electron chi connectivity index (χ3n) is 3.74. The largest absolute Gasteiger partial charge is 0.347 e. The van der Waals surface area contributed by atoms with Gasteiger partial charge in [0, 0.05) is 12.7 Å². The van der Waals surface area contributed by atoms with Crippen molar-refractivity contribution in [2.24, 2.45) is 0 Å². The van der Waals surface area contributed by atoms with Crippen LogP contribution >= 0.6 is 11.3 Å². The molecule has 118 valence electrons. The molecule has 0 aliphatic rings. The molecule has 24 heavy (non-hydrogen) atoms. The highest BCUT2D eigenvalue weighted by molar-refractivity contribution is 7.20. The predicted octanol–water partition coefficient (Wildman–Crippen LogP) is 2.84. The second-order valence-electron chi connectivity index (χ2n) is 5.34. The Kier molecular flexibility index (Phi) is 3.59. The van der Waals surface area contributed by atoms with Crippen LogP contribution in [0.3, 0.4) is 0 Å². The van der Waals surface area contributed by atoms with Crippen LogP contribution in [0.4, 0.5) is 0 Å². The first-order valence-electron chi connectivity index (χ1n) is 7.45. The first kappa shape index (κ1) is 14.6. The summed E-state index contributed by atoms with van der Waals surface area (Å²) < 4.78 is 1.49. The highest BCUT2D eigenvalue weighted by Gasteiger charge is 2.14. The van der Waals surface area contributed by atoms with Crippen LogP contribution in [0.15, 0.2) is 65.6 Å². The van der Waals surface area contributed by atoms with E-state index in [-0.39, 0.29) is 11.5 Å². The van der Waals surface area contributed by atoms with Gasteiger partial charge in [0.05, 0.1) is 10.3 Å². The zero-order chi connectivity index (χ0) is 16.5. The maximum Gasteiger partial charge on any atom is 0.266 e. The number of amides is 1. The van der Waals surface area contributed by atoms with Gasteiger partial charge in [0.1, 0.15) is 10.5 Å². The van der Waals surface area contributed by atoms with Gasteiger partial charge >= 0.3 is 0 Å².